The molecule has 0 radical (unpaired) electrons. The summed E-state index contributed by atoms with van der Waals surface area (Å²) in [6, 6.07) is 5.57. The van der Waals surface area contributed by atoms with Crippen molar-refractivity contribution in [2.45, 2.75) is 25.8 Å². The van der Waals surface area contributed by atoms with E-state index in [0.717, 1.165) is 5.56 Å². The van der Waals surface area contributed by atoms with E-state index < -0.39 is 0 Å². The smallest absolute Gasteiger partial charge is 0.0646 e. The molecule has 0 amide bonds. The molecule has 0 bridgehead atoms. The largest absolute Gasteiger partial charge is 0.380 e. The van der Waals surface area contributed by atoms with Gasteiger partial charge in [0.2, 0.25) is 0 Å². The van der Waals surface area contributed by atoms with Crippen LogP contribution in [0.1, 0.15) is 19.4 Å². The maximum Gasteiger partial charge on any atom is 0.0646 e. The molecule has 2 nitrogen and oxygen atoms in total. The molecule has 90 valence electrons. The van der Waals surface area contributed by atoms with Crippen LogP contribution in [0.3, 0.4) is 0 Å². The first-order valence-corrected chi connectivity index (χ1v) is 6.01. The van der Waals surface area contributed by atoms with Crippen LogP contribution in [0.4, 0.5) is 0 Å². The van der Waals surface area contributed by atoms with Gasteiger partial charge < -0.3 is 10.5 Å². The minimum Gasteiger partial charge on any atom is -0.380 e. The van der Waals surface area contributed by atoms with Gasteiger partial charge in [-0.2, -0.15) is 0 Å². The maximum atomic E-state index is 6.12. The summed E-state index contributed by atoms with van der Waals surface area (Å²) in [5.74, 6) is 0. The van der Waals surface area contributed by atoms with Crippen molar-refractivity contribution in [1.82, 2.24) is 0 Å². The standard InChI is InChI=1S/C12H17Cl2NO/c1-3-16-8-12(2,15)7-9-4-5-10(13)11(14)6-9/h4-6H,3,7-8,15H2,1-2H3. The second-order valence-corrected chi connectivity index (χ2v) is 5.03. The highest BCUT2D eigenvalue weighted by molar-refractivity contribution is 6.42. The Morgan fingerprint density at radius 2 is 2.00 bits per heavy atom. The van der Waals surface area contributed by atoms with Crippen LogP contribution < -0.4 is 5.73 Å². The monoisotopic (exact) mass is 261 g/mol. The quantitative estimate of drug-likeness (QED) is 0.883. The van der Waals surface area contributed by atoms with Gasteiger partial charge >= 0.3 is 0 Å². The highest BCUT2D eigenvalue weighted by Crippen LogP contribution is 2.24. The molecule has 0 aliphatic rings. The number of ether oxygens (including phenoxy) is 1. The Labute approximate surface area is 107 Å². The molecule has 1 aromatic rings. The number of hydrogen-bond donors (Lipinski definition) is 1. The van der Waals surface area contributed by atoms with Gasteiger partial charge in [-0.25, -0.2) is 0 Å². The Bertz CT molecular complexity index is 353. The summed E-state index contributed by atoms with van der Waals surface area (Å²) in [5, 5.41) is 1.13. The molecule has 0 heterocycles. The van der Waals surface area contributed by atoms with E-state index in [4.69, 9.17) is 33.7 Å². The van der Waals surface area contributed by atoms with Crippen molar-refractivity contribution in [1.29, 1.82) is 0 Å². The molecule has 0 spiro atoms. The van der Waals surface area contributed by atoms with Crippen LogP contribution in [-0.4, -0.2) is 18.8 Å². The number of hydrogen-bond acceptors (Lipinski definition) is 2. The molecular formula is C12H17Cl2NO. The van der Waals surface area contributed by atoms with E-state index in [1.165, 1.54) is 0 Å². The van der Waals surface area contributed by atoms with Gasteiger partial charge in [-0.05, 0) is 38.0 Å². The second-order valence-electron chi connectivity index (χ2n) is 4.22. The van der Waals surface area contributed by atoms with Crippen molar-refractivity contribution in [3.05, 3.63) is 33.8 Å². The molecule has 0 saturated heterocycles. The van der Waals surface area contributed by atoms with Gasteiger partial charge in [0.1, 0.15) is 0 Å². The van der Waals surface area contributed by atoms with Crippen LogP contribution in [-0.2, 0) is 11.2 Å². The van der Waals surface area contributed by atoms with Crippen molar-refractivity contribution < 1.29 is 4.74 Å². The Morgan fingerprint density at radius 3 is 2.56 bits per heavy atom. The van der Waals surface area contributed by atoms with Gasteiger partial charge in [-0.15, -0.1) is 0 Å². The average Bonchev–Trinajstić information content (AvgIpc) is 2.20. The third kappa shape index (κ3) is 4.30. The predicted molar refractivity (Wildman–Crippen MR) is 69.3 cm³/mol. The molecule has 2 N–H and O–H groups in total. The van der Waals surface area contributed by atoms with Gasteiger partial charge in [0.15, 0.2) is 0 Å². The van der Waals surface area contributed by atoms with Crippen LogP contribution >= 0.6 is 23.2 Å². The average molecular weight is 262 g/mol. The van der Waals surface area contributed by atoms with Gasteiger partial charge in [0, 0.05) is 12.1 Å². The van der Waals surface area contributed by atoms with Crippen LogP contribution in [0.25, 0.3) is 0 Å². The fourth-order valence-corrected chi connectivity index (χ4v) is 1.82. The Balaban J connectivity index is 2.68. The Kier molecular flexibility index (Phi) is 5.06. The number of benzene rings is 1. The van der Waals surface area contributed by atoms with E-state index in [-0.39, 0.29) is 5.54 Å². The highest BCUT2D eigenvalue weighted by atomic mass is 35.5. The molecule has 1 aromatic carbocycles. The lowest BCUT2D eigenvalue weighted by molar-refractivity contribution is 0.101. The van der Waals surface area contributed by atoms with Crippen molar-refractivity contribution in [2.24, 2.45) is 5.73 Å². The summed E-state index contributed by atoms with van der Waals surface area (Å²) in [6.07, 6.45) is 0.712. The maximum absolute atomic E-state index is 6.12. The number of rotatable bonds is 5. The SMILES string of the molecule is CCOCC(C)(N)Cc1ccc(Cl)c(Cl)c1. The van der Waals surface area contributed by atoms with Crippen LogP contribution in [0.5, 0.6) is 0 Å². The zero-order valence-electron chi connectivity index (χ0n) is 9.59. The lowest BCUT2D eigenvalue weighted by Crippen LogP contribution is -2.43. The van der Waals surface area contributed by atoms with Crippen molar-refractivity contribution in [3.63, 3.8) is 0 Å². The first-order valence-electron chi connectivity index (χ1n) is 5.25. The molecular weight excluding hydrogens is 245 g/mol. The van der Waals surface area contributed by atoms with E-state index in [1.807, 2.05) is 26.0 Å². The van der Waals surface area contributed by atoms with Gasteiger partial charge in [-0.1, -0.05) is 29.3 Å². The molecule has 1 atom stereocenters. The second kappa shape index (κ2) is 5.87. The molecule has 1 rings (SSSR count). The lowest BCUT2D eigenvalue weighted by Gasteiger charge is -2.24. The lowest BCUT2D eigenvalue weighted by atomic mass is 9.95. The molecule has 0 saturated carbocycles. The minimum atomic E-state index is -0.382. The molecule has 0 fully saturated rings. The third-order valence-electron chi connectivity index (χ3n) is 2.23. The zero-order valence-corrected chi connectivity index (χ0v) is 11.1. The predicted octanol–water partition coefficient (Wildman–Crippen LogP) is 3.29. The van der Waals surface area contributed by atoms with Gasteiger partial charge in [0.25, 0.3) is 0 Å². The Morgan fingerprint density at radius 1 is 1.31 bits per heavy atom. The molecule has 1 unspecified atom stereocenters. The van der Waals surface area contributed by atoms with Gasteiger partial charge in [-0.3, -0.25) is 0 Å². The topological polar surface area (TPSA) is 35.2 Å². The highest BCUT2D eigenvalue weighted by Gasteiger charge is 2.19. The summed E-state index contributed by atoms with van der Waals surface area (Å²) in [5.41, 5.74) is 6.81. The molecule has 0 aromatic heterocycles. The van der Waals surface area contributed by atoms with Crippen molar-refractivity contribution in [2.75, 3.05) is 13.2 Å². The first kappa shape index (κ1) is 13.8. The van der Waals surface area contributed by atoms with E-state index in [1.54, 1.807) is 6.07 Å². The molecule has 16 heavy (non-hydrogen) atoms. The minimum absolute atomic E-state index is 0.382. The zero-order chi connectivity index (χ0) is 12.2. The molecule has 4 heteroatoms. The van der Waals surface area contributed by atoms with E-state index in [0.29, 0.717) is 29.7 Å². The number of nitrogens with two attached hydrogens (primary N) is 1. The fourth-order valence-electron chi connectivity index (χ4n) is 1.50. The summed E-state index contributed by atoms with van der Waals surface area (Å²) in [6.45, 7) is 5.12. The fraction of sp³-hybridized carbons (Fsp3) is 0.500. The van der Waals surface area contributed by atoms with E-state index in [2.05, 4.69) is 0 Å². The normalized spacial score (nSPS) is 14.8. The van der Waals surface area contributed by atoms with Crippen LogP contribution in [0.2, 0.25) is 10.0 Å². The van der Waals surface area contributed by atoms with Crippen molar-refractivity contribution >= 4 is 23.2 Å². The van der Waals surface area contributed by atoms with E-state index in [9.17, 15) is 0 Å². The summed E-state index contributed by atoms with van der Waals surface area (Å²) < 4.78 is 5.34. The number of halogens is 2. The van der Waals surface area contributed by atoms with Crippen LogP contribution in [0, 0.1) is 0 Å². The van der Waals surface area contributed by atoms with Crippen molar-refractivity contribution in [3.8, 4) is 0 Å². The van der Waals surface area contributed by atoms with Gasteiger partial charge in [0.05, 0.1) is 16.7 Å². The summed E-state index contributed by atoms with van der Waals surface area (Å²) >= 11 is 11.8. The van der Waals surface area contributed by atoms with E-state index >= 15 is 0 Å². The Hall–Kier alpha value is -0.280. The van der Waals surface area contributed by atoms with Crippen LogP contribution in [0.15, 0.2) is 18.2 Å². The molecule has 0 aliphatic heterocycles. The third-order valence-corrected chi connectivity index (χ3v) is 2.97. The molecule has 0 aliphatic carbocycles. The summed E-state index contributed by atoms with van der Waals surface area (Å²) in [4.78, 5) is 0. The summed E-state index contributed by atoms with van der Waals surface area (Å²) in [7, 11) is 0. The first-order chi connectivity index (χ1) is 7.44.